The number of aliphatic hydroxyl groups is 1. The van der Waals surface area contributed by atoms with E-state index in [-0.39, 0.29) is 0 Å². The molecule has 0 bridgehead atoms. The molecule has 0 radical (unpaired) electrons. The number of halogens is 1. The quantitative estimate of drug-likeness (QED) is 0.899. The monoisotopic (exact) mass is 285 g/mol. The summed E-state index contributed by atoms with van der Waals surface area (Å²) in [4.78, 5) is 2.22. The number of nitrogens with zero attached hydrogens (tertiary/aromatic N) is 1. The SMILES string of the molecule is CN(CCC(C)(C)O)Cc1cccc(Br)c1. The maximum Gasteiger partial charge on any atom is 0.0603 e. The van der Waals surface area contributed by atoms with Gasteiger partial charge in [0, 0.05) is 17.6 Å². The number of benzene rings is 1. The van der Waals surface area contributed by atoms with Gasteiger partial charge in [0.05, 0.1) is 5.60 Å². The minimum atomic E-state index is -0.578. The molecular weight excluding hydrogens is 266 g/mol. The summed E-state index contributed by atoms with van der Waals surface area (Å²) in [5.74, 6) is 0. The van der Waals surface area contributed by atoms with Gasteiger partial charge in [-0.1, -0.05) is 28.1 Å². The molecule has 16 heavy (non-hydrogen) atoms. The van der Waals surface area contributed by atoms with Gasteiger partial charge >= 0.3 is 0 Å². The highest BCUT2D eigenvalue weighted by atomic mass is 79.9. The van der Waals surface area contributed by atoms with E-state index in [0.29, 0.717) is 0 Å². The minimum absolute atomic E-state index is 0.578. The van der Waals surface area contributed by atoms with E-state index in [0.717, 1.165) is 24.0 Å². The van der Waals surface area contributed by atoms with E-state index in [2.05, 4.69) is 40.0 Å². The van der Waals surface area contributed by atoms with E-state index < -0.39 is 5.60 Å². The molecule has 0 spiro atoms. The van der Waals surface area contributed by atoms with Gasteiger partial charge in [0.15, 0.2) is 0 Å². The van der Waals surface area contributed by atoms with Crippen molar-refractivity contribution in [1.82, 2.24) is 4.90 Å². The molecule has 1 aromatic rings. The molecule has 2 nitrogen and oxygen atoms in total. The summed E-state index contributed by atoms with van der Waals surface area (Å²) < 4.78 is 1.11. The second-order valence-corrected chi connectivity index (χ2v) is 5.85. The normalized spacial score (nSPS) is 12.1. The molecule has 90 valence electrons. The van der Waals surface area contributed by atoms with E-state index in [9.17, 15) is 5.11 Å². The van der Waals surface area contributed by atoms with Gasteiger partial charge in [0.25, 0.3) is 0 Å². The van der Waals surface area contributed by atoms with Gasteiger partial charge < -0.3 is 10.0 Å². The van der Waals surface area contributed by atoms with Crippen molar-refractivity contribution in [3.63, 3.8) is 0 Å². The fourth-order valence-corrected chi connectivity index (χ4v) is 1.94. The summed E-state index contributed by atoms with van der Waals surface area (Å²) >= 11 is 3.46. The third kappa shape index (κ3) is 5.64. The van der Waals surface area contributed by atoms with E-state index in [1.54, 1.807) is 0 Å². The average molecular weight is 286 g/mol. The largest absolute Gasteiger partial charge is 0.390 e. The van der Waals surface area contributed by atoms with Crippen LogP contribution in [0.1, 0.15) is 25.8 Å². The van der Waals surface area contributed by atoms with Crippen LogP contribution < -0.4 is 0 Å². The topological polar surface area (TPSA) is 23.5 Å². The van der Waals surface area contributed by atoms with Crippen LogP contribution in [0.15, 0.2) is 28.7 Å². The maximum absolute atomic E-state index is 9.64. The van der Waals surface area contributed by atoms with Crippen LogP contribution >= 0.6 is 15.9 Å². The first-order valence-electron chi connectivity index (χ1n) is 5.52. The number of hydrogen-bond donors (Lipinski definition) is 1. The Balaban J connectivity index is 2.43. The number of rotatable bonds is 5. The van der Waals surface area contributed by atoms with E-state index in [1.807, 2.05) is 26.0 Å². The van der Waals surface area contributed by atoms with Gasteiger partial charge in [-0.3, -0.25) is 0 Å². The highest BCUT2D eigenvalue weighted by Gasteiger charge is 2.13. The molecule has 0 aliphatic carbocycles. The molecule has 0 unspecified atom stereocenters. The molecule has 1 N–H and O–H groups in total. The summed E-state index contributed by atoms with van der Waals surface area (Å²) in [7, 11) is 2.08. The van der Waals surface area contributed by atoms with Gasteiger partial charge in [-0.05, 0) is 45.0 Å². The third-order valence-corrected chi connectivity index (χ3v) is 2.94. The smallest absolute Gasteiger partial charge is 0.0603 e. The molecular formula is C13H20BrNO. The summed E-state index contributed by atoms with van der Waals surface area (Å²) in [6.45, 7) is 5.51. The third-order valence-electron chi connectivity index (χ3n) is 2.45. The summed E-state index contributed by atoms with van der Waals surface area (Å²) in [5.41, 5.74) is 0.707. The van der Waals surface area contributed by atoms with Crippen LogP contribution in [0, 0.1) is 0 Å². The second kappa shape index (κ2) is 5.80. The molecule has 0 aliphatic rings. The van der Waals surface area contributed by atoms with Crippen LogP contribution in [0.3, 0.4) is 0 Å². The number of hydrogen-bond acceptors (Lipinski definition) is 2. The van der Waals surface area contributed by atoms with Crippen molar-refractivity contribution in [1.29, 1.82) is 0 Å². The van der Waals surface area contributed by atoms with Crippen LogP contribution in [0.25, 0.3) is 0 Å². The lowest BCUT2D eigenvalue weighted by molar-refractivity contribution is 0.0599. The van der Waals surface area contributed by atoms with Crippen molar-refractivity contribution >= 4 is 15.9 Å². The second-order valence-electron chi connectivity index (χ2n) is 4.93. The molecule has 0 amide bonds. The average Bonchev–Trinajstić information content (AvgIpc) is 2.14. The lowest BCUT2D eigenvalue weighted by Gasteiger charge is -2.22. The predicted molar refractivity (Wildman–Crippen MR) is 71.4 cm³/mol. The molecule has 1 rings (SSSR count). The zero-order valence-corrected chi connectivity index (χ0v) is 11.8. The van der Waals surface area contributed by atoms with Crippen LogP contribution in [0.2, 0.25) is 0 Å². The minimum Gasteiger partial charge on any atom is -0.390 e. The zero-order valence-electron chi connectivity index (χ0n) is 10.2. The molecule has 0 aliphatic heterocycles. The van der Waals surface area contributed by atoms with Gasteiger partial charge in [-0.2, -0.15) is 0 Å². The Hall–Kier alpha value is -0.380. The van der Waals surface area contributed by atoms with E-state index in [4.69, 9.17) is 0 Å². The lowest BCUT2D eigenvalue weighted by Crippen LogP contribution is -2.28. The fourth-order valence-electron chi connectivity index (χ4n) is 1.49. The zero-order chi connectivity index (χ0) is 12.2. The Morgan fingerprint density at radius 2 is 2.06 bits per heavy atom. The summed E-state index contributed by atoms with van der Waals surface area (Å²) in [5, 5.41) is 9.64. The highest BCUT2D eigenvalue weighted by molar-refractivity contribution is 9.10. The standard InChI is InChI=1S/C13H20BrNO/c1-13(2,16)7-8-15(3)10-11-5-4-6-12(14)9-11/h4-6,9,16H,7-8,10H2,1-3H3. The van der Waals surface area contributed by atoms with Crippen molar-refractivity contribution in [2.24, 2.45) is 0 Å². The molecule has 0 heterocycles. The van der Waals surface area contributed by atoms with Gasteiger partial charge in [-0.15, -0.1) is 0 Å². The highest BCUT2D eigenvalue weighted by Crippen LogP contribution is 2.14. The molecule has 0 aromatic heterocycles. The van der Waals surface area contributed by atoms with Crippen molar-refractivity contribution in [3.8, 4) is 0 Å². The first-order valence-corrected chi connectivity index (χ1v) is 6.31. The Morgan fingerprint density at radius 1 is 1.38 bits per heavy atom. The molecule has 0 atom stereocenters. The first-order chi connectivity index (χ1) is 7.37. The van der Waals surface area contributed by atoms with Gasteiger partial charge in [0.2, 0.25) is 0 Å². The summed E-state index contributed by atoms with van der Waals surface area (Å²) in [6, 6.07) is 8.31. The molecule has 0 saturated carbocycles. The molecule has 0 saturated heterocycles. The van der Waals surface area contributed by atoms with Crippen LogP contribution in [-0.2, 0) is 6.54 Å². The van der Waals surface area contributed by atoms with E-state index >= 15 is 0 Å². The molecule has 3 heteroatoms. The predicted octanol–water partition coefficient (Wildman–Crippen LogP) is 3.04. The first kappa shape index (κ1) is 13.7. The van der Waals surface area contributed by atoms with E-state index in [1.165, 1.54) is 5.56 Å². The van der Waals surface area contributed by atoms with Gasteiger partial charge in [-0.25, -0.2) is 0 Å². The summed E-state index contributed by atoms with van der Waals surface area (Å²) in [6.07, 6.45) is 0.789. The fraction of sp³-hybridized carbons (Fsp3) is 0.538. The van der Waals surface area contributed by atoms with Crippen molar-refractivity contribution in [2.45, 2.75) is 32.4 Å². The Kier molecular flexibility index (Phi) is 4.96. The Bertz CT molecular complexity index is 333. The maximum atomic E-state index is 9.64. The van der Waals surface area contributed by atoms with Gasteiger partial charge in [0.1, 0.15) is 0 Å². The van der Waals surface area contributed by atoms with Crippen LogP contribution in [0.5, 0.6) is 0 Å². The molecule has 0 fully saturated rings. The molecule has 1 aromatic carbocycles. The van der Waals surface area contributed by atoms with Crippen LogP contribution in [-0.4, -0.2) is 29.2 Å². The Labute approximate surface area is 106 Å². The van der Waals surface area contributed by atoms with Crippen molar-refractivity contribution in [2.75, 3.05) is 13.6 Å². The van der Waals surface area contributed by atoms with Crippen LogP contribution in [0.4, 0.5) is 0 Å². The lowest BCUT2D eigenvalue weighted by atomic mass is 10.1. The van der Waals surface area contributed by atoms with Crippen molar-refractivity contribution < 1.29 is 5.11 Å². The Morgan fingerprint density at radius 3 is 2.62 bits per heavy atom. The van der Waals surface area contributed by atoms with Crippen molar-refractivity contribution in [3.05, 3.63) is 34.3 Å².